The van der Waals surface area contributed by atoms with E-state index in [1.54, 1.807) is 6.07 Å². The number of rotatable bonds is 5. The molecule has 0 spiro atoms. The van der Waals surface area contributed by atoms with Crippen molar-refractivity contribution in [2.45, 2.75) is 6.54 Å². The van der Waals surface area contributed by atoms with Crippen LogP contribution >= 0.6 is 0 Å². The zero-order valence-electron chi connectivity index (χ0n) is 10.1. The van der Waals surface area contributed by atoms with Crippen LogP contribution in [0.3, 0.4) is 0 Å². The SMILES string of the molecule is O=C(O)c1ccc([N+](=O)[O-])c(NCc2ccncn2)n1. The second kappa shape index (κ2) is 5.69. The van der Waals surface area contributed by atoms with Gasteiger partial charge in [0.05, 0.1) is 17.2 Å². The molecule has 102 valence electrons. The number of nitrogens with zero attached hydrogens (tertiary/aromatic N) is 4. The van der Waals surface area contributed by atoms with Crippen molar-refractivity contribution in [2.75, 3.05) is 5.32 Å². The Hall–Kier alpha value is -3.10. The Bertz CT molecular complexity index is 647. The van der Waals surface area contributed by atoms with Gasteiger partial charge in [0.15, 0.2) is 5.69 Å². The summed E-state index contributed by atoms with van der Waals surface area (Å²) < 4.78 is 0. The van der Waals surface area contributed by atoms with Crippen LogP contribution in [0.2, 0.25) is 0 Å². The third kappa shape index (κ3) is 3.02. The second-order valence-corrected chi connectivity index (χ2v) is 3.68. The summed E-state index contributed by atoms with van der Waals surface area (Å²) in [5.41, 5.74) is 0.0154. The minimum absolute atomic E-state index is 0.117. The molecule has 0 aliphatic rings. The minimum Gasteiger partial charge on any atom is -0.477 e. The maximum atomic E-state index is 10.9. The zero-order chi connectivity index (χ0) is 14.5. The third-order valence-electron chi connectivity index (χ3n) is 2.37. The molecule has 0 bridgehead atoms. The van der Waals surface area contributed by atoms with Crippen molar-refractivity contribution >= 4 is 17.5 Å². The number of carbonyl (C=O) groups is 1. The van der Waals surface area contributed by atoms with Gasteiger partial charge in [-0.3, -0.25) is 10.1 Å². The van der Waals surface area contributed by atoms with E-state index in [2.05, 4.69) is 20.3 Å². The van der Waals surface area contributed by atoms with Gasteiger partial charge in [-0.25, -0.2) is 19.7 Å². The fourth-order valence-electron chi connectivity index (χ4n) is 1.45. The van der Waals surface area contributed by atoms with Gasteiger partial charge < -0.3 is 10.4 Å². The summed E-state index contributed by atoms with van der Waals surface area (Å²) in [7, 11) is 0. The van der Waals surface area contributed by atoms with Crippen LogP contribution in [-0.4, -0.2) is 31.0 Å². The van der Waals surface area contributed by atoms with Gasteiger partial charge >= 0.3 is 11.7 Å². The van der Waals surface area contributed by atoms with Gasteiger partial charge in [-0.1, -0.05) is 0 Å². The molecular weight excluding hydrogens is 266 g/mol. The van der Waals surface area contributed by atoms with E-state index in [9.17, 15) is 14.9 Å². The highest BCUT2D eigenvalue weighted by molar-refractivity contribution is 5.86. The Morgan fingerprint density at radius 2 is 2.20 bits per heavy atom. The smallest absolute Gasteiger partial charge is 0.354 e. The predicted octanol–water partition coefficient (Wildman–Crippen LogP) is 1.09. The van der Waals surface area contributed by atoms with Crippen LogP contribution in [0.4, 0.5) is 11.5 Å². The molecule has 2 aromatic heterocycles. The summed E-state index contributed by atoms with van der Waals surface area (Å²) in [4.78, 5) is 32.5. The molecule has 0 saturated heterocycles. The van der Waals surface area contributed by atoms with Crippen LogP contribution in [0.5, 0.6) is 0 Å². The molecule has 0 aliphatic carbocycles. The molecule has 20 heavy (non-hydrogen) atoms. The highest BCUT2D eigenvalue weighted by Crippen LogP contribution is 2.22. The number of nitrogens with one attached hydrogen (secondary N) is 1. The molecular formula is C11H9N5O4. The van der Waals surface area contributed by atoms with Crippen molar-refractivity contribution in [1.82, 2.24) is 15.0 Å². The molecule has 0 atom stereocenters. The molecule has 0 radical (unpaired) electrons. The molecule has 0 aliphatic heterocycles. The van der Waals surface area contributed by atoms with Gasteiger partial charge in [0.25, 0.3) is 0 Å². The fourth-order valence-corrected chi connectivity index (χ4v) is 1.45. The summed E-state index contributed by atoms with van der Waals surface area (Å²) in [6.45, 7) is 0.166. The largest absolute Gasteiger partial charge is 0.477 e. The summed E-state index contributed by atoms with van der Waals surface area (Å²) >= 11 is 0. The van der Waals surface area contributed by atoms with Crippen LogP contribution in [0.25, 0.3) is 0 Å². The van der Waals surface area contributed by atoms with Gasteiger partial charge in [0.2, 0.25) is 5.82 Å². The molecule has 0 aromatic carbocycles. The first kappa shape index (κ1) is 13.3. The minimum atomic E-state index is -1.26. The van der Waals surface area contributed by atoms with Gasteiger partial charge in [0.1, 0.15) is 6.33 Å². The average Bonchev–Trinajstić information content (AvgIpc) is 2.45. The Morgan fingerprint density at radius 1 is 1.40 bits per heavy atom. The van der Waals surface area contributed by atoms with Crippen molar-refractivity contribution in [3.05, 3.63) is 52.2 Å². The van der Waals surface area contributed by atoms with E-state index >= 15 is 0 Å². The van der Waals surface area contributed by atoms with Crippen molar-refractivity contribution in [3.63, 3.8) is 0 Å². The van der Waals surface area contributed by atoms with Gasteiger partial charge in [-0.2, -0.15) is 0 Å². The summed E-state index contributed by atoms with van der Waals surface area (Å²) in [6, 6.07) is 3.80. The summed E-state index contributed by atoms with van der Waals surface area (Å²) in [5.74, 6) is -1.38. The number of aromatic nitrogens is 3. The first-order chi connectivity index (χ1) is 9.58. The van der Waals surface area contributed by atoms with Crippen molar-refractivity contribution in [1.29, 1.82) is 0 Å². The van der Waals surface area contributed by atoms with Crippen molar-refractivity contribution in [2.24, 2.45) is 0 Å². The van der Waals surface area contributed by atoms with E-state index in [-0.39, 0.29) is 23.7 Å². The molecule has 0 fully saturated rings. The standard InChI is InChI=1S/C11H9N5O4/c17-11(18)8-1-2-9(16(19)20)10(15-8)13-5-7-3-4-12-6-14-7/h1-4,6H,5H2,(H,13,15)(H,17,18). The van der Waals surface area contributed by atoms with E-state index in [0.717, 1.165) is 12.1 Å². The highest BCUT2D eigenvalue weighted by Gasteiger charge is 2.18. The normalized spacial score (nSPS) is 10.0. The number of aromatic carboxylic acids is 1. The first-order valence-corrected chi connectivity index (χ1v) is 5.45. The predicted molar refractivity (Wildman–Crippen MR) is 67.2 cm³/mol. The lowest BCUT2D eigenvalue weighted by atomic mass is 10.3. The van der Waals surface area contributed by atoms with Gasteiger partial charge in [-0.15, -0.1) is 0 Å². The number of carboxylic acid groups (broad SMARTS) is 1. The quantitative estimate of drug-likeness (QED) is 0.612. The number of anilines is 1. The maximum absolute atomic E-state index is 10.9. The third-order valence-corrected chi connectivity index (χ3v) is 2.37. The van der Waals surface area contributed by atoms with E-state index < -0.39 is 10.9 Å². The number of hydrogen-bond donors (Lipinski definition) is 2. The van der Waals surface area contributed by atoms with Crippen LogP contribution in [0.15, 0.2) is 30.7 Å². The Balaban J connectivity index is 2.26. The van der Waals surface area contributed by atoms with Crippen molar-refractivity contribution in [3.8, 4) is 0 Å². The highest BCUT2D eigenvalue weighted by atomic mass is 16.6. The van der Waals surface area contributed by atoms with Crippen LogP contribution in [0, 0.1) is 10.1 Å². The van der Waals surface area contributed by atoms with Gasteiger partial charge in [-0.05, 0) is 12.1 Å². The number of pyridine rings is 1. The molecule has 9 heteroatoms. The summed E-state index contributed by atoms with van der Waals surface area (Å²) in [5, 5.41) is 22.4. The lowest BCUT2D eigenvalue weighted by Gasteiger charge is -2.06. The van der Waals surface area contributed by atoms with E-state index in [1.807, 2.05) is 0 Å². The molecule has 0 amide bonds. The first-order valence-electron chi connectivity index (χ1n) is 5.45. The van der Waals surface area contributed by atoms with Gasteiger partial charge in [0, 0.05) is 12.3 Å². The Kier molecular flexibility index (Phi) is 3.80. The topological polar surface area (TPSA) is 131 Å². The monoisotopic (exact) mass is 275 g/mol. The van der Waals surface area contributed by atoms with Crippen LogP contribution < -0.4 is 5.32 Å². The average molecular weight is 275 g/mol. The number of nitro groups is 1. The lowest BCUT2D eigenvalue weighted by Crippen LogP contribution is -2.09. The summed E-state index contributed by atoms with van der Waals surface area (Å²) in [6.07, 6.45) is 2.87. The molecule has 2 heterocycles. The Morgan fingerprint density at radius 3 is 2.80 bits per heavy atom. The zero-order valence-corrected chi connectivity index (χ0v) is 10.1. The van der Waals surface area contributed by atoms with E-state index in [0.29, 0.717) is 5.69 Å². The lowest BCUT2D eigenvalue weighted by molar-refractivity contribution is -0.384. The Labute approximate surface area is 112 Å². The second-order valence-electron chi connectivity index (χ2n) is 3.68. The molecule has 9 nitrogen and oxygen atoms in total. The van der Waals surface area contributed by atoms with Crippen molar-refractivity contribution < 1.29 is 14.8 Å². The molecule has 0 unspecified atom stereocenters. The molecule has 0 saturated carbocycles. The number of carboxylic acids is 1. The number of hydrogen-bond acceptors (Lipinski definition) is 7. The molecule has 2 aromatic rings. The van der Waals surface area contributed by atoms with E-state index in [1.165, 1.54) is 12.5 Å². The van der Waals surface area contributed by atoms with E-state index in [4.69, 9.17) is 5.11 Å². The fraction of sp³-hybridized carbons (Fsp3) is 0.0909. The molecule has 2 N–H and O–H groups in total. The molecule has 2 rings (SSSR count). The van der Waals surface area contributed by atoms with Crippen LogP contribution in [0.1, 0.15) is 16.2 Å². The van der Waals surface area contributed by atoms with Crippen LogP contribution in [-0.2, 0) is 6.54 Å². The maximum Gasteiger partial charge on any atom is 0.354 e.